The lowest BCUT2D eigenvalue weighted by Gasteiger charge is -2.05. The molecule has 0 aliphatic carbocycles. The predicted molar refractivity (Wildman–Crippen MR) is 115 cm³/mol. The Morgan fingerprint density at radius 3 is 2.58 bits per heavy atom. The van der Waals surface area contributed by atoms with Gasteiger partial charge in [0.15, 0.2) is 0 Å². The molecule has 9 heteroatoms. The van der Waals surface area contributed by atoms with Gasteiger partial charge in [0.25, 0.3) is 5.56 Å². The minimum atomic E-state index is -0.984. The average molecular weight is 417 g/mol. The van der Waals surface area contributed by atoms with Gasteiger partial charge in [-0.15, -0.1) is 0 Å². The van der Waals surface area contributed by atoms with Crippen LogP contribution in [0.15, 0.2) is 64.5 Å². The second-order valence-electron chi connectivity index (χ2n) is 6.86. The first-order valence-electron chi connectivity index (χ1n) is 9.56. The average Bonchev–Trinajstić information content (AvgIpc) is 3.08. The van der Waals surface area contributed by atoms with Gasteiger partial charge >= 0.3 is 5.97 Å². The van der Waals surface area contributed by atoms with Crippen molar-refractivity contribution in [1.82, 2.24) is 19.4 Å². The number of carboxylic acids is 1. The Balaban J connectivity index is 1.81. The van der Waals surface area contributed by atoms with Crippen LogP contribution in [0.3, 0.4) is 0 Å². The van der Waals surface area contributed by atoms with E-state index in [0.717, 1.165) is 4.68 Å². The molecule has 0 atom stereocenters. The number of hydrogen-bond donors (Lipinski definition) is 2. The van der Waals surface area contributed by atoms with Crippen LogP contribution in [0.5, 0.6) is 5.88 Å². The summed E-state index contributed by atoms with van der Waals surface area (Å²) in [5, 5.41) is 28.9. The molecular weight excluding hydrogens is 398 g/mol. The summed E-state index contributed by atoms with van der Waals surface area (Å²) in [6, 6.07) is 15.9. The third-order valence-corrected chi connectivity index (χ3v) is 4.77. The number of para-hydroxylation sites is 2. The van der Waals surface area contributed by atoms with E-state index in [2.05, 4.69) is 15.2 Å². The molecule has 4 rings (SSSR count). The topological polar surface area (TPSA) is 123 Å². The smallest absolute Gasteiger partial charge is 0.303 e. The molecule has 2 heterocycles. The highest BCUT2D eigenvalue weighted by molar-refractivity contribution is 5.85. The SMILES string of the molecule is Cc1nc2ccccc2c(=O)n1/N=C/c1c(CCC(=O)O)nn(-c2ccccc2)c1O. The van der Waals surface area contributed by atoms with Crippen LogP contribution >= 0.6 is 0 Å². The van der Waals surface area contributed by atoms with Gasteiger partial charge in [-0.3, -0.25) is 9.59 Å². The number of carbonyl (C=O) groups is 1. The predicted octanol–water partition coefficient (Wildman–Crippen LogP) is 2.50. The van der Waals surface area contributed by atoms with Gasteiger partial charge in [-0.25, -0.2) is 9.67 Å². The molecule has 156 valence electrons. The van der Waals surface area contributed by atoms with E-state index >= 15 is 0 Å². The number of benzene rings is 2. The summed E-state index contributed by atoms with van der Waals surface area (Å²) in [6.45, 7) is 1.66. The van der Waals surface area contributed by atoms with Crippen LogP contribution in [-0.4, -0.2) is 41.8 Å². The number of fused-ring (bicyclic) bond motifs is 1. The van der Waals surface area contributed by atoms with Crippen LogP contribution in [-0.2, 0) is 11.2 Å². The van der Waals surface area contributed by atoms with Crippen molar-refractivity contribution in [2.45, 2.75) is 19.8 Å². The number of rotatable bonds is 6. The van der Waals surface area contributed by atoms with Gasteiger partial charge in [-0.2, -0.15) is 14.9 Å². The number of aliphatic carboxylic acids is 1. The summed E-state index contributed by atoms with van der Waals surface area (Å²) in [5.41, 5.74) is 1.42. The second-order valence-corrected chi connectivity index (χ2v) is 6.86. The Hall–Kier alpha value is -4.27. The molecule has 0 fully saturated rings. The van der Waals surface area contributed by atoms with Gasteiger partial charge in [0.05, 0.1) is 40.5 Å². The van der Waals surface area contributed by atoms with Gasteiger partial charge in [-0.05, 0) is 31.2 Å². The van der Waals surface area contributed by atoms with Gasteiger partial charge < -0.3 is 10.2 Å². The zero-order valence-corrected chi connectivity index (χ0v) is 16.6. The van der Waals surface area contributed by atoms with E-state index < -0.39 is 5.97 Å². The molecule has 0 radical (unpaired) electrons. The molecule has 2 N–H and O–H groups in total. The number of aryl methyl sites for hydroxylation is 2. The number of aromatic hydroxyl groups is 1. The maximum atomic E-state index is 12.8. The molecule has 0 spiro atoms. The van der Waals surface area contributed by atoms with Crippen molar-refractivity contribution >= 4 is 23.1 Å². The zero-order chi connectivity index (χ0) is 22.0. The highest BCUT2D eigenvalue weighted by Gasteiger charge is 2.18. The Bertz CT molecular complexity index is 1360. The van der Waals surface area contributed by atoms with E-state index in [1.807, 2.05) is 6.07 Å². The first-order valence-corrected chi connectivity index (χ1v) is 9.56. The maximum Gasteiger partial charge on any atom is 0.303 e. The Labute approximate surface area is 176 Å². The Morgan fingerprint density at radius 1 is 1.13 bits per heavy atom. The summed E-state index contributed by atoms with van der Waals surface area (Å²) >= 11 is 0. The summed E-state index contributed by atoms with van der Waals surface area (Å²) in [4.78, 5) is 28.3. The lowest BCUT2D eigenvalue weighted by atomic mass is 10.1. The number of aromatic nitrogens is 4. The molecule has 0 aliphatic heterocycles. The summed E-state index contributed by atoms with van der Waals surface area (Å²) in [5.74, 6) is -0.806. The van der Waals surface area contributed by atoms with Crippen LogP contribution in [0.4, 0.5) is 0 Å². The summed E-state index contributed by atoms with van der Waals surface area (Å²) < 4.78 is 2.45. The fourth-order valence-electron chi connectivity index (χ4n) is 3.24. The maximum absolute atomic E-state index is 12.8. The minimum absolute atomic E-state index is 0.0912. The van der Waals surface area contributed by atoms with E-state index in [9.17, 15) is 14.7 Å². The molecule has 0 amide bonds. The fourth-order valence-corrected chi connectivity index (χ4v) is 3.24. The fraction of sp³-hybridized carbons (Fsp3) is 0.136. The molecule has 0 unspecified atom stereocenters. The van der Waals surface area contributed by atoms with E-state index in [4.69, 9.17) is 5.11 Å². The van der Waals surface area contributed by atoms with Gasteiger partial charge in [0.1, 0.15) is 5.82 Å². The Morgan fingerprint density at radius 2 is 1.84 bits per heavy atom. The molecule has 31 heavy (non-hydrogen) atoms. The summed E-state index contributed by atoms with van der Waals surface area (Å²) in [6.07, 6.45) is 1.24. The highest BCUT2D eigenvalue weighted by atomic mass is 16.4. The highest BCUT2D eigenvalue weighted by Crippen LogP contribution is 2.24. The van der Waals surface area contributed by atoms with Crippen molar-refractivity contribution in [2.24, 2.45) is 5.10 Å². The molecule has 0 bridgehead atoms. The number of nitrogens with zero attached hydrogens (tertiary/aromatic N) is 5. The van der Waals surface area contributed by atoms with Crippen LogP contribution in [0.1, 0.15) is 23.5 Å². The first kappa shape index (κ1) is 20.0. The molecule has 4 aromatic rings. The van der Waals surface area contributed by atoms with Crippen molar-refractivity contribution in [1.29, 1.82) is 0 Å². The quantitative estimate of drug-likeness (QED) is 0.465. The molecule has 0 aliphatic rings. The van der Waals surface area contributed by atoms with Gasteiger partial charge in [0, 0.05) is 6.42 Å². The van der Waals surface area contributed by atoms with Gasteiger partial charge in [-0.1, -0.05) is 30.3 Å². The molecule has 2 aromatic heterocycles. The molecular formula is C22H19N5O4. The normalized spacial score (nSPS) is 11.4. The van der Waals surface area contributed by atoms with Crippen molar-refractivity contribution < 1.29 is 15.0 Å². The van der Waals surface area contributed by atoms with Crippen molar-refractivity contribution in [3.05, 3.63) is 82.0 Å². The minimum Gasteiger partial charge on any atom is -0.493 e. The molecule has 0 saturated heterocycles. The van der Waals surface area contributed by atoms with Crippen LogP contribution in [0.2, 0.25) is 0 Å². The third kappa shape index (κ3) is 3.93. The van der Waals surface area contributed by atoms with Gasteiger partial charge in [0.2, 0.25) is 5.88 Å². The standard InChI is InChI=1S/C22H19N5O4/c1-14-24-18-10-6-5-9-16(18)21(30)26(14)23-13-17-19(11-12-20(28)29)25-27(22(17)31)15-7-3-2-4-8-15/h2-10,13,31H,11-12H2,1H3,(H,28,29)/b23-13+. The van der Waals surface area contributed by atoms with Crippen LogP contribution < -0.4 is 5.56 Å². The molecule has 0 saturated carbocycles. The monoisotopic (exact) mass is 417 g/mol. The van der Waals surface area contributed by atoms with E-state index in [0.29, 0.717) is 28.1 Å². The van der Waals surface area contributed by atoms with E-state index in [-0.39, 0.29) is 29.8 Å². The van der Waals surface area contributed by atoms with Crippen molar-refractivity contribution in [3.8, 4) is 11.6 Å². The summed E-state index contributed by atoms with van der Waals surface area (Å²) in [7, 11) is 0. The first-order chi connectivity index (χ1) is 15.0. The molecule has 2 aromatic carbocycles. The third-order valence-electron chi connectivity index (χ3n) is 4.77. The number of hydrogen-bond acceptors (Lipinski definition) is 6. The Kier molecular flexibility index (Phi) is 5.31. The lowest BCUT2D eigenvalue weighted by molar-refractivity contribution is -0.136. The second kappa shape index (κ2) is 8.23. The van der Waals surface area contributed by atoms with Crippen molar-refractivity contribution in [3.63, 3.8) is 0 Å². The van der Waals surface area contributed by atoms with Crippen molar-refractivity contribution in [2.75, 3.05) is 0 Å². The molecule has 9 nitrogen and oxygen atoms in total. The lowest BCUT2D eigenvalue weighted by Crippen LogP contribution is -2.20. The van der Waals surface area contributed by atoms with Crippen LogP contribution in [0.25, 0.3) is 16.6 Å². The largest absolute Gasteiger partial charge is 0.493 e. The van der Waals surface area contributed by atoms with E-state index in [1.165, 1.54) is 10.9 Å². The van der Waals surface area contributed by atoms with E-state index in [1.54, 1.807) is 55.5 Å². The zero-order valence-electron chi connectivity index (χ0n) is 16.6. The van der Waals surface area contributed by atoms with Crippen LogP contribution in [0, 0.1) is 6.92 Å². The number of carboxylic acid groups (broad SMARTS) is 1.